The highest BCUT2D eigenvalue weighted by Crippen LogP contribution is 2.17. The second kappa shape index (κ2) is 16.8. The summed E-state index contributed by atoms with van der Waals surface area (Å²) in [5.74, 6) is -0.419. The van der Waals surface area contributed by atoms with Gasteiger partial charge >= 0.3 is 11.9 Å². The number of rotatable bonds is 16. The summed E-state index contributed by atoms with van der Waals surface area (Å²) < 4.78 is 10.3. The van der Waals surface area contributed by atoms with E-state index >= 15 is 0 Å². The molecule has 3 atom stereocenters. The number of carbonyl (C=O) groups excluding carboxylic acids is 2. The van der Waals surface area contributed by atoms with Gasteiger partial charge in [0.25, 0.3) is 0 Å². The minimum absolute atomic E-state index is 0.0872. The van der Waals surface area contributed by atoms with E-state index in [0.29, 0.717) is 5.92 Å². The van der Waals surface area contributed by atoms with E-state index in [9.17, 15) is 9.59 Å². The summed E-state index contributed by atoms with van der Waals surface area (Å²) in [5.41, 5.74) is 0. The van der Waals surface area contributed by atoms with Crippen LogP contribution in [-0.4, -0.2) is 24.1 Å². The van der Waals surface area contributed by atoms with Crippen molar-refractivity contribution in [1.82, 2.24) is 0 Å². The Balaban J connectivity index is 3.83. The topological polar surface area (TPSA) is 52.6 Å². The second-order valence-corrected chi connectivity index (χ2v) is 6.81. The molecule has 0 saturated heterocycles. The van der Waals surface area contributed by atoms with Gasteiger partial charge in [0.05, 0.1) is 12.2 Å². The lowest BCUT2D eigenvalue weighted by Gasteiger charge is -2.17. The maximum Gasteiger partial charge on any atom is 0.330 e. The molecule has 0 N–H and O–H groups in total. The number of ether oxygens (including phenoxy) is 2. The van der Waals surface area contributed by atoms with Crippen molar-refractivity contribution in [2.75, 3.05) is 0 Å². The Morgan fingerprint density at radius 1 is 0.750 bits per heavy atom. The number of allylic oxidation sites excluding steroid dienone is 5. The minimum Gasteiger partial charge on any atom is -0.460 e. The Hall–Kier alpha value is -2.36. The van der Waals surface area contributed by atoms with Gasteiger partial charge < -0.3 is 9.47 Å². The normalized spacial score (nSPS) is 14.4. The van der Waals surface area contributed by atoms with Gasteiger partial charge in [-0.1, -0.05) is 43.5 Å². The summed E-state index contributed by atoms with van der Waals surface area (Å²) in [5, 5.41) is 0. The van der Waals surface area contributed by atoms with Gasteiger partial charge in [-0.3, -0.25) is 0 Å². The van der Waals surface area contributed by atoms with Crippen LogP contribution >= 0.6 is 0 Å². The smallest absolute Gasteiger partial charge is 0.330 e. The molecule has 0 fully saturated rings. The number of unbranched alkanes of at least 4 members (excludes halogenated alkanes) is 1. The van der Waals surface area contributed by atoms with Crippen molar-refractivity contribution < 1.29 is 19.1 Å². The van der Waals surface area contributed by atoms with Gasteiger partial charge in [0.2, 0.25) is 0 Å². The first kappa shape index (κ1) is 25.6. The zero-order valence-corrected chi connectivity index (χ0v) is 17.5. The number of hydrogen-bond donors (Lipinski definition) is 0. The van der Waals surface area contributed by atoms with E-state index in [1.54, 1.807) is 0 Å². The van der Waals surface area contributed by atoms with Crippen LogP contribution in [0, 0.1) is 5.92 Å². The van der Waals surface area contributed by atoms with Crippen LogP contribution in [0.3, 0.4) is 0 Å². The van der Waals surface area contributed by atoms with Crippen molar-refractivity contribution >= 4 is 11.9 Å². The Labute approximate surface area is 170 Å². The molecule has 156 valence electrons. The SMILES string of the molecule is C=CC(=O)OC(C)CC/C=C/CC/C=C\CCC(C=C)CC(C)OC(=O)C=C. The minimum atomic E-state index is -0.379. The largest absolute Gasteiger partial charge is 0.460 e. The van der Waals surface area contributed by atoms with Gasteiger partial charge in [-0.25, -0.2) is 9.59 Å². The van der Waals surface area contributed by atoms with E-state index in [1.165, 1.54) is 12.2 Å². The lowest BCUT2D eigenvalue weighted by atomic mass is 9.96. The molecule has 4 nitrogen and oxygen atoms in total. The average molecular weight is 389 g/mol. The molecule has 0 aromatic carbocycles. The fourth-order valence-electron chi connectivity index (χ4n) is 2.66. The van der Waals surface area contributed by atoms with E-state index in [4.69, 9.17) is 9.47 Å². The highest BCUT2D eigenvalue weighted by Gasteiger charge is 2.12. The third kappa shape index (κ3) is 14.8. The van der Waals surface area contributed by atoms with Gasteiger partial charge in [0.15, 0.2) is 0 Å². The standard InChI is InChI=1S/C24H36O4/c1-6-22(19-21(5)28-24(26)8-3)18-16-14-12-10-9-11-13-15-17-20(4)27-23(25)7-2/h6-8,11-14,20-22H,1-3,9-10,15-19H2,4-5H3/b13-11+,14-12-. The molecule has 3 unspecified atom stereocenters. The van der Waals surface area contributed by atoms with Crippen molar-refractivity contribution in [3.05, 3.63) is 62.3 Å². The molecule has 0 bridgehead atoms. The van der Waals surface area contributed by atoms with Crippen molar-refractivity contribution in [3.8, 4) is 0 Å². The summed E-state index contributed by atoms with van der Waals surface area (Å²) in [4.78, 5) is 22.3. The molecule has 0 rings (SSSR count). The molecule has 0 heterocycles. The third-order valence-corrected chi connectivity index (χ3v) is 4.21. The van der Waals surface area contributed by atoms with Gasteiger partial charge in [0, 0.05) is 12.2 Å². The number of esters is 2. The first-order chi connectivity index (χ1) is 13.4. The van der Waals surface area contributed by atoms with Crippen LogP contribution in [-0.2, 0) is 19.1 Å². The third-order valence-electron chi connectivity index (χ3n) is 4.21. The van der Waals surface area contributed by atoms with Crippen molar-refractivity contribution in [3.63, 3.8) is 0 Å². The highest BCUT2D eigenvalue weighted by atomic mass is 16.5. The fraction of sp³-hybridized carbons (Fsp3) is 0.500. The summed E-state index contributed by atoms with van der Waals surface area (Å²) in [6.45, 7) is 14.4. The van der Waals surface area contributed by atoms with E-state index in [2.05, 4.69) is 44.0 Å². The predicted octanol–water partition coefficient (Wildman–Crippen LogP) is 5.87. The zero-order valence-electron chi connectivity index (χ0n) is 17.5. The van der Waals surface area contributed by atoms with Crippen LogP contribution in [0.1, 0.15) is 58.8 Å². The van der Waals surface area contributed by atoms with Crippen molar-refractivity contribution in [2.24, 2.45) is 5.92 Å². The van der Waals surface area contributed by atoms with Gasteiger partial charge in [-0.05, 0) is 64.7 Å². The van der Waals surface area contributed by atoms with Crippen molar-refractivity contribution in [1.29, 1.82) is 0 Å². The molecule has 28 heavy (non-hydrogen) atoms. The first-order valence-corrected chi connectivity index (χ1v) is 10.0. The predicted molar refractivity (Wildman–Crippen MR) is 116 cm³/mol. The van der Waals surface area contributed by atoms with Gasteiger partial charge in [-0.15, -0.1) is 6.58 Å². The number of hydrogen-bond acceptors (Lipinski definition) is 4. The molecule has 0 amide bonds. The van der Waals surface area contributed by atoms with E-state index < -0.39 is 0 Å². The van der Waals surface area contributed by atoms with Crippen molar-refractivity contribution in [2.45, 2.75) is 71.0 Å². The molecular weight excluding hydrogens is 352 g/mol. The summed E-state index contributed by atoms with van der Waals surface area (Å²) in [6, 6.07) is 0. The summed E-state index contributed by atoms with van der Waals surface area (Å²) in [7, 11) is 0. The summed E-state index contributed by atoms with van der Waals surface area (Å²) >= 11 is 0. The van der Waals surface area contributed by atoms with Crippen LogP contribution in [0.2, 0.25) is 0 Å². The number of carbonyl (C=O) groups is 2. The maximum atomic E-state index is 11.2. The lowest BCUT2D eigenvalue weighted by Crippen LogP contribution is -2.16. The fourth-order valence-corrected chi connectivity index (χ4v) is 2.66. The Kier molecular flexibility index (Phi) is 15.4. The van der Waals surface area contributed by atoms with Gasteiger partial charge in [-0.2, -0.15) is 0 Å². The van der Waals surface area contributed by atoms with E-state index in [0.717, 1.165) is 44.9 Å². The summed E-state index contributed by atoms with van der Waals surface area (Å²) in [6.07, 6.45) is 19.2. The molecule has 0 radical (unpaired) electrons. The van der Waals surface area contributed by atoms with E-state index in [-0.39, 0.29) is 24.1 Å². The second-order valence-electron chi connectivity index (χ2n) is 6.81. The quantitative estimate of drug-likeness (QED) is 0.144. The lowest BCUT2D eigenvalue weighted by molar-refractivity contribution is -0.143. The molecule has 0 saturated carbocycles. The van der Waals surface area contributed by atoms with Crippen LogP contribution < -0.4 is 0 Å². The van der Waals surface area contributed by atoms with E-state index in [1.807, 2.05) is 19.9 Å². The zero-order chi connectivity index (χ0) is 21.2. The Morgan fingerprint density at radius 2 is 1.21 bits per heavy atom. The van der Waals surface area contributed by atoms with Crippen LogP contribution in [0.25, 0.3) is 0 Å². The van der Waals surface area contributed by atoms with Crippen LogP contribution in [0.5, 0.6) is 0 Å². The molecule has 4 heteroatoms. The molecular formula is C24H36O4. The Morgan fingerprint density at radius 3 is 1.71 bits per heavy atom. The molecule has 0 aliphatic carbocycles. The van der Waals surface area contributed by atoms with Crippen LogP contribution in [0.15, 0.2) is 62.3 Å². The molecule has 0 aromatic heterocycles. The Bertz CT molecular complexity index is 545. The average Bonchev–Trinajstić information content (AvgIpc) is 2.67. The molecule has 0 spiro atoms. The van der Waals surface area contributed by atoms with Crippen LogP contribution in [0.4, 0.5) is 0 Å². The maximum absolute atomic E-state index is 11.2. The molecule has 0 aromatic rings. The van der Waals surface area contributed by atoms with Gasteiger partial charge in [0.1, 0.15) is 0 Å². The molecule has 0 aliphatic rings. The highest BCUT2D eigenvalue weighted by molar-refractivity contribution is 5.81. The molecule has 0 aliphatic heterocycles. The first-order valence-electron chi connectivity index (χ1n) is 10.0. The monoisotopic (exact) mass is 388 g/mol.